The van der Waals surface area contributed by atoms with Gasteiger partial charge in [0.25, 0.3) is 0 Å². The van der Waals surface area contributed by atoms with Gasteiger partial charge in [0.15, 0.2) is 0 Å². The maximum Gasteiger partial charge on any atom is 0.407 e. The van der Waals surface area contributed by atoms with Crippen LogP contribution in [0.1, 0.15) is 50.2 Å². The summed E-state index contributed by atoms with van der Waals surface area (Å²) in [4.78, 5) is 39.0. The molecule has 2 aromatic rings. The standard InChI is InChI=1S/C27H30N2O5/c1-27(2)15-29(23(27)25(31)32)24(30)20-12-7-13-22(20)28-26(33)34-14-21-18-10-5-3-8-16(18)17-9-4-6-11-19(17)21/h3-6,8-11,20-23H,7,12-15H2,1-2H3,(H,28,33)(H,31,32)/t20-,22+,23?/m1/s1. The zero-order valence-electron chi connectivity index (χ0n) is 19.5. The molecule has 3 aliphatic rings. The number of nitrogens with zero attached hydrogens (tertiary/aromatic N) is 1. The number of hydrogen-bond donors (Lipinski definition) is 2. The number of alkyl carbamates (subject to hydrolysis) is 1. The summed E-state index contributed by atoms with van der Waals surface area (Å²) in [5.74, 6) is -1.62. The summed E-state index contributed by atoms with van der Waals surface area (Å²) in [6, 6.07) is 15.2. The first-order valence-electron chi connectivity index (χ1n) is 11.9. The van der Waals surface area contributed by atoms with E-state index in [1.54, 1.807) is 0 Å². The Morgan fingerprint density at radius 3 is 2.24 bits per heavy atom. The van der Waals surface area contributed by atoms with Crippen LogP contribution in [0.25, 0.3) is 11.1 Å². The molecule has 0 aromatic heterocycles. The van der Waals surface area contributed by atoms with Crippen LogP contribution in [0.5, 0.6) is 0 Å². The zero-order valence-corrected chi connectivity index (χ0v) is 19.5. The van der Waals surface area contributed by atoms with Crippen LogP contribution < -0.4 is 5.32 Å². The largest absolute Gasteiger partial charge is 0.480 e. The van der Waals surface area contributed by atoms with Crippen LogP contribution in [0.2, 0.25) is 0 Å². The second-order valence-electron chi connectivity index (χ2n) is 10.3. The number of carboxylic acid groups (broad SMARTS) is 1. The molecular weight excluding hydrogens is 432 g/mol. The van der Waals surface area contributed by atoms with Gasteiger partial charge in [-0.2, -0.15) is 0 Å². The Kier molecular flexibility index (Phi) is 5.58. The van der Waals surface area contributed by atoms with Crippen molar-refractivity contribution in [2.75, 3.05) is 13.2 Å². The van der Waals surface area contributed by atoms with Crippen molar-refractivity contribution in [1.29, 1.82) is 0 Å². The van der Waals surface area contributed by atoms with Crippen LogP contribution in [-0.4, -0.2) is 53.2 Å². The van der Waals surface area contributed by atoms with Gasteiger partial charge in [0, 0.05) is 23.9 Å². The molecule has 5 rings (SSSR count). The molecule has 2 amide bonds. The predicted octanol–water partition coefficient (Wildman–Crippen LogP) is 4.02. The number of nitrogens with one attached hydrogen (secondary N) is 1. The number of rotatable bonds is 5. The van der Waals surface area contributed by atoms with Crippen molar-refractivity contribution in [3.8, 4) is 11.1 Å². The first-order valence-corrected chi connectivity index (χ1v) is 11.9. The lowest BCUT2D eigenvalue weighted by Crippen LogP contribution is -2.68. The van der Waals surface area contributed by atoms with Crippen molar-refractivity contribution in [2.45, 2.75) is 51.1 Å². The number of carboxylic acids is 1. The molecule has 2 N–H and O–H groups in total. The molecule has 0 spiro atoms. The fraction of sp³-hybridized carbons (Fsp3) is 0.444. The Labute approximate surface area is 199 Å². The Balaban J connectivity index is 1.22. The lowest BCUT2D eigenvalue weighted by Gasteiger charge is -2.52. The first-order chi connectivity index (χ1) is 16.3. The molecule has 34 heavy (non-hydrogen) atoms. The van der Waals surface area contributed by atoms with Gasteiger partial charge in [-0.3, -0.25) is 4.79 Å². The Morgan fingerprint density at radius 2 is 1.65 bits per heavy atom. The molecule has 0 bridgehead atoms. The van der Waals surface area contributed by atoms with E-state index in [4.69, 9.17) is 4.74 Å². The van der Waals surface area contributed by atoms with Gasteiger partial charge in [-0.05, 0) is 35.1 Å². The third-order valence-electron chi connectivity index (χ3n) is 7.63. The molecule has 1 unspecified atom stereocenters. The quantitative estimate of drug-likeness (QED) is 0.700. The van der Waals surface area contributed by atoms with E-state index in [0.717, 1.165) is 17.5 Å². The summed E-state index contributed by atoms with van der Waals surface area (Å²) in [5.41, 5.74) is 4.17. The molecule has 0 radical (unpaired) electrons. The minimum absolute atomic E-state index is 0.0289. The summed E-state index contributed by atoms with van der Waals surface area (Å²) < 4.78 is 5.65. The van der Waals surface area contributed by atoms with Crippen LogP contribution in [0.3, 0.4) is 0 Å². The fourth-order valence-electron chi connectivity index (χ4n) is 6.03. The number of ether oxygens (including phenoxy) is 1. The van der Waals surface area contributed by atoms with Crippen molar-refractivity contribution >= 4 is 18.0 Å². The number of hydrogen-bond acceptors (Lipinski definition) is 4. The third-order valence-corrected chi connectivity index (χ3v) is 7.63. The second kappa shape index (κ2) is 8.46. The van der Waals surface area contributed by atoms with Gasteiger partial charge >= 0.3 is 12.1 Å². The first kappa shape index (κ1) is 22.4. The van der Waals surface area contributed by atoms with Crippen LogP contribution in [0, 0.1) is 11.3 Å². The van der Waals surface area contributed by atoms with Gasteiger partial charge in [-0.15, -0.1) is 0 Å². The third kappa shape index (κ3) is 3.73. The summed E-state index contributed by atoms with van der Waals surface area (Å²) in [7, 11) is 0. The number of amides is 2. The number of carbonyl (C=O) groups excluding carboxylic acids is 2. The van der Waals surface area contributed by atoms with Gasteiger partial charge in [0.1, 0.15) is 12.6 Å². The van der Waals surface area contributed by atoms with Gasteiger partial charge in [-0.1, -0.05) is 68.8 Å². The highest BCUT2D eigenvalue weighted by atomic mass is 16.5. The van der Waals surface area contributed by atoms with E-state index in [-0.39, 0.29) is 24.5 Å². The fourth-order valence-corrected chi connectivity index (χ4v) is 6.03. The van der Waals surface area contributed by atoms with Gasteiger partial charge in [0.05, 0.1) is 5.92 Å². The number of likely N-dealkylation sites (tertiary alicyclic amines) is 1. The molecule has 7 heteroatoms. The summed E-state index contributed by atoms with van der Waals surface area (Å²) in [6.45, 7) is 4.34. The van der Waals surface area contributed by atoms with Crippen LogP contribution in [0.4, 0.5) is 4.79 Å². The zero-order chi connectivity index (χ0) is 24.0. The number of carbonyl (C=O) groups is 3. The molecule has 1 heterocycles. The molecule has 1 aliphatic heterocycles. The highest BCUT2D eigenvalue weighted by Gasteiger charge is 2.54. The molecule has 1 saturated heterocycles. The molecule has 2 fully saturated rings. The monoisotopic (exact) mass is 462 g/mol. The van der Waals surface area contributed by atoms with Crippen molar-refractivity contribution in [3.05, 3.63) is 59.7 Å². The molecule has 178 valence electrons. The molecule has 1 saturated carbocycles. The molecule has 2 aliphatic carbocycles. The van der Waals surface area contributed by atoms with Crippen molar-refractivity contribution in [2.24, 2.45) is 11.3 Å². The second-order valence-corrected chi connectivity index (χ2v) is 10.3. The number of fused-ring (bicyclic) bond motifs is 3. The highest BCUT2D eigenvalue weighted by molar-refractivity contribution is 5.88. The average molecular weight is 463 g/mol. The maximum atomic E-state index is 13.1. The van der Waals surface area contributed by atoms with E-state index in [1.807, 2.05) is 38.1 Å². The molecule has 3 atom stereocenters. The predicted molar refractivity (Wildman–Crippen MR) is 126 cm³/mol. The van der Waals surface area contributed by atoms with Gasteiger partial charge < -0.3 is 20.1 Å². The van der Waals surface area contributed by atoms with E-state index >= 15 is 0 Å². The lowest BCUT2D eigenvalue weighted by atomic mass is 9.74. The summed E-state index contributed by atoms with van der Waals surface area (Å²) in [5, 5.41) is 12.5. The van der Waals surface area contributed by atoms with E-state index < -0.39 is 29.4 Å². The average Bonchev–Trinajstić information content (AvgIpc) is 3.38. The highest BCUT2D eigenvalue weighted by Crippen LogP contribution is 2.44. The molecular formula is C27H30N2O5. The van der Waals surface area contributed by atoms with Crippen molar-refractivity contribution < 1.29 is 24.2 Å². The van der Waals surface area contributed by atoms with Crippen LogP contribution in [-0.2, 0) is 14.3 Å². The topological polar surface area (TPSA) is 95.9 Å². The van der Waals surface area contributed by atoms with Crippen LogP contribution >= 0.6 is 0 Å². The molecule has 2 aromatic carbocycles. The minimum Gasteiger partial charge on any atom is -0.480 e. The number of aliphatic carboxylic acids is 1. The maximum absolute atomic E-state index is 13.1. The van der Waals surface area contributed by atoms with Crippen molar-refractivity contribution in [3.63, 3.8) is 0 Å². The molecule has 7 nitrogen and oxygen atoms in total. The van der Waals surface area contributed by atoms with E-state index in [0.29, 0.717) is 19.4 Å². The number of benzene rings is 2. The van der Waals surface area contributed by atoms with Crippen molar-refractivity contribution in [1.82, 2.24) is 10.2 Å². The Morgan fingerprint density at radius 1 is 1.03 bits per heavy atom. The van der Waals surface area contributed by atoms with Crippen LogP contribution in [0.15, 0.2) is 48.5 Å². The Hall–Kier alpha value is -3.35. The lowest BCUT2D eigenvalue weighted by molar-refractivity contribution is -0.174. The summed E-state index contributed by atoms with van der Waals surface area (Å²) in [6.07, 6.45) is 1.58. The Bertz CT molecular complexity index is 1100. The van der Waals surface area contributed by atoms with E-state index in [9.17, 15) is 19.5 Å². The van der Waals surface area contributed by atoms with Gasteiger partial charge in [0.2, 0.25) is 5.91 Å². The minimum atomic E-state index is -0.983. The smallest absolute Gasteiger partial charge is 0.407 e. The van der Waals surface area contributed by atoms with E-state index in [2.05, 4.69) is 29.6 Å². The van der Waals surface area contributed by atoms with Gasteiger partial charge in [-0.25, -0.2) is 9.59 Å². The SMILES string of the molecule is CC1(C)CN(C(=O)[C@@H]2CCC[C@@H]2NC(=O)OCC2c3ccccc3-c3ccccc32)C1C(=O)O. The van der Waals surface area contributed by atoms with E-state index in [1.165, 1.54) is 16.0 Å². The normalized spacial score (nSPS) is 24.6. The summed E-state index contributed by atoms with van der Waals surface area (Å²) >= 11 is 0.